The molecule has 1 fully saturated rings. The van der Waals surface area contributed by atoms with Crippen LogP contribution in [0, 0.1) is 11.3 Å². The van der Waals surface area contributed by atoms with Crippen LogP contribution < -0.4 is 10.6 Å². The van der Waals surface area contributed by atoms with E-state index >= 15 is 0 Å². The van der Waals surface area contributed by atoms with Gasteiger partial charge in [-0.3, -0.25) is 10.1 Å². The largest absolute Gasteiger partial charge is 0.407 e. The molecular weight excluding hydrogens is 500 g/mol. The van der Waals surface area contributed by atoms with E-state index in [-0.39, 0.29) is 10.5 Å². The highest BCUT2D eigenvalue weighted by Crippen LogP contribution is 2.37. The molecular formula is C25H27F4N3O3S. The van der Waals surface area contributed by atoms with Gasteiger partial charge in [-0.2, -0.15) is 18.4 Å². The number of carbonyl (C=O) groups excluding carboxylic acids is 1. The average molecular weight is 528 g/mol. The Morgan fingerprint density at radius 1 is 1.06 bits per heavy atom. The summed E-state index contributed by atoms with van der Waals surface area (Å²) in [6, 6.07) is 9.47. The molecule has 3 rings (SSSR count). The molecule has 0 spiro atoms. The molecule has 0 aliphatic heterocycles. The lowest BCUT2D eigenvalue weighted by Crippen LogP contribution is -2.53. The van der Waals surface area contributed by atoms with Crippen LogP contribution in [0.3, 0.4) is 0 Å². The van der Waals surface area contributed by atoms with Gasteiger partial charge in [-0.1, -0.05) is 36.4 Å². The van der Waals surface area contributed by atoms with E-state index in [1.165, 1.54) is 50.2 Å². The zero-order valence-corrected chi connectivity index (χ0v) is 20.8. The number of hydrogen-bond acceptors (Lipinski definition) is 5. The van der Waals surface area contributed by atoms with Gasteiger partial charge in [0.05, 0.1) is 17.0 Å². The van der Waals surface area contributed by atoms with Crippen molar-refractivity contribution in [2.75, 3.05) is 6.26 Å². The second kappa shape index (κ2) is 9.82. The molecule has 1 aliphatic rings. The molecule has 1 saturated carbocycles. The first-order valence-electron chi connectivity index (χ1n) is 11.2. The molecule has 2 atom stereocenters. The molecule has 0 unspecified atom stereocenters. The van der Waals surface area contributed by atoms with Gasteiger partial charge in [0.1, 0.15) is 17.2 Å². The quantitative estimate of drug-likeness (QED) is 0.464. The molecule has 2 N–H and O–H groups in total. The van der Waals surface area contributed by atoms with Crippen molar-refractivity contribution in [3.05, 3.63) is 54.1 Å². The van der Waals surface area contributed by atoms with Crippen molar-refractivity contribution in [2.24, 2.45) is 0 Å². The van der Waals surface area contributed by atoms with Gasteiger partial charge >= 0.3 is 6.18 Å². The predicted molar refractivity (Wildman–Crippen MR) is 126 cm³/mol. The summed E-state index contributed by atoms with van der Waals surface area (Å²) in [5.74, 6) is -0.864. The van der Waals surface area contributed by atoms with E-state index in [1.54, 1.807) is 12.1 Å². The second-order valence-corrected chi connectivity index (χ2v) is 11.7. The summed E-state index contributed by atoms with van der Waals surface area (Å²) in [7, 11) is -3.39. The summed E-state index contributed by atoms with van der Waals surface area (Å²) < 4.78 is 79.9. The normalized spacial score (nSPS) is 17.1. The van der Waals surface area contributed by atoms with Crippen LogP contribution in [0.4, 0.5) is 17.6 Å². The van der Waals surface area contributed by atoms with Crippen LogP contribution in [0.1, 0.15) is 44.7 Å². The molecule has 194 valence electrons. The minimum Gasteiger partial charge on any atom is -0.336 e. The molecule has 6 nitrogen and oxygen atoms in total. The molecule has 0 aromatic heterocycles. The number of halogens is 4. The van der Waals surface area contributed by atoms with Crippen LogP contribution in [-0.2, 0) is 14.6 Å². The van der Waals surface area contributed by atoms with Crippen molar-refractivity contribution in [1.29, 1.82) is 5.26 Å². The van der Waals surface area contributed by atoms with Gasteiger partial charge in [-0.05, 0) is 55.5 Å². The summed E-state index contributed by atoms with van der Waals surface area (Å²) in [4.78, 5) is 12.9. The Balaban J connectivity index is 1.86. The Morgan fingerprint density at radius 2 is 1.56 bits per heavy atom. The van der Waals surface area contributed by atoms with Crippen molar-refractivity contribution < 1.29 is 30.8 Å². The highest BCUT2D eigenvalue weighted by atomic mass is 32.2. The summed E-state index contributed by atoms with van der Waals surface area (Å²) >= 11 is 0. The number of rotatable bonds is 9. The molecule has 11 heteroatoms. The van der Waals surface area contributed by atoms with Crippen LogP contribution in [-0.4, -0.2) is 44.0 Å². The van der Waals surface area contributed by atoms with Gasteiger partial charge in [-0.15, -0.1) is 0 Å². The minimum absolute atomic E-state index is 0.119. The topological polar surface area (TPSA) is 99.1 Å². The van der Waals surface area contributed by atoms with Crippen molar-refractivity contribution in [3.63, 3.8) is 0 Å². The molecule has 1 amide bonds. The van der Waals surface area contributed by atoms with Crippen molar-refractivity contribution >= 4 is 15.7 Å². The van der Waals surface area contributed by atoms with Crippen LogP contribution in [0.2, 0.25) is 0 Å². The van der Waals surface area contributed by atoms with E-state index in [4.69, 9.17) is 0 Å². The van der Waals surface area contributed by atoms with Gasteiger partial charge in [-0.25, -0.2) is 12.8 Å². The highest BCUT2D eigenvalue weighted by Gasteiger charge is 2.48. The van der Waals surface area contributed by atoms with E-state index in [0.717, 1.165) is 6.26 Å². The SMILES string of the molecule is CC(C)(F)C[C@H](N[C@@H](c1ccc(-c2ccc(S([14CH3])(=O)=O)cc2)cc1)C(F)(F)F)C(=O)NC1(C#N)CC1. The van der Waals surface area contributed by atoms with E-state index in [2.05, 4.69) is 10.6 Å². The van der Waals surface area contributed by atoms with Crippen molar-refractivity contribution in [2.45, 2.75) is 67.5 Å². The van der Waals surface area contributed by atoms with E-state index in [0.29, 0.717) is 24.0 Å². The number of alkyl halides is 4. The number of carbonyl (C=O) groups is 1. The highest BCUT2D eigenvalue weighted by molar-refractivity contribution is 7.90. The van der Waals surface area contributed by atoms with Crippen LogP contribution in [0.15, 0.2) is 53.4 Å². The summed E-state index contributed by atoms with van der Waals surface area (Å²) in [6.45, 7) is 2.33. The van der Waals surface area contributed by atoms with Crippen LogP contribution >= 0.6 is 0 Å². The van der Waals surface area contributed by atoms with Crippen molar-refractivity contribution in [3.8, 4) is 17.2 Å². The molecule has 0 saturated heterocycles. The van der Waals surface area contributed by atoms with Gasteiger partial charge < -0.3 is 5.32 Å². The zero-order chi connectivity index (χ0) is 26.9. The fraction of sp³-hybridized carbons (Fsp3) is 0.440. The molecule has 1 aliphatic carbocycles. The lowest BCUT2D eigenvalue weighted by atomic mass is 9.96. The maximum absolute atomic E-state index is 14.4. The van der Waals surface area contributed by atoms with E-state index in [1.807, 2.05) is 6.07 Å². The third-order valence-electron chi connectivity index (χ3n) is 5.89. The molecule has 0 heterocycles. The summed E-state index contributed by atoms with van der Waals surface area (Å²) in [5, 5.41) is 13.9. The second-order valence-electron chi connectivity index (χ2n) is 9.72. The lowest BCUT2D eigenvalue weighted by molar-refractivity contribution is -0.161. The van der Waals surface area contributed by atoms with Gasteiger partial charge in [0, 0.05) is 12.7 Å². The fourth-order valence-electron chi connectivity index (χ4n) is 3.77. The van der Waals surface area contributed by atoms with Crippen molar-refractivity contribution in [1.82, 2.24) is 10.6 Å². The first-order chi connectivity index (χ1) is 16.5. The number of nitriles is 1. The summed E-state index contributed by atoms with van der Waals surface area (Å²) in [5.41, 5.74) is -2.08. The molecule has 0 bridgehead atoms. The van der Waals surface area contributed by atoms with Gasteiger partial charge in [0.25, 0.3) is 0 Å². The Kier molecular flexibility index (Phi) is 7.54. The maximum atomic E-state index is 14.4. The predicted octanol–water partition coefficient (Wildman–Crippen LogP) is 4.63. The fourth-order valence-corrected chi connectivity index (χ4v) is 4.40. The molecule has 36 heavy (non-hydrogen) atoms. The Bertz CT molecular complexity index is 1240. The van der Waals surface area contributed by atoms with E-state index < -0.39 is 51.6 Å². The van der Waals surface area contributed by atoms with Crippen LogP contribution in [0.5, 0.6) is 0 Å². The van der Waals surface area contributed by atoms with Gasteiger partial charge in [0.15, 0.2) is 9.84 Å². The Hall–Kier alpha value is -2.97. The number of benzene rings is 2. The Morgan fingerprint density at radius 3 is 1.94 bits per heavy atom. The standard InChI is InChI=1S/C25H27F4N3O3S/c1-23(2,26)14-20(22(33)32-24(15-30)12-13-24)31-21(25(27,28)29)18-6-4-16(5-7-18)17-8-10-19(11-9-17)36(3,34)35/h4-11,20-21,31H,12-14H2,1-3H3,(H,32,33)/t20-,21-/m0/s1/i3+2. The third-order valence-corrected chi connectivity index (χ3v) is 7.02. The monoisotopic (exact) mass is 527 g/mol. The maximum Gasteiger partial charge on any atom is 0.407 e. The number of amides is 1. The smallest absolute Gasteiger partial charge is 0.336 e. The molecule has 2 aromatic rings. The number of hydrogen-bond donors (Lipinski definition) is 2. The third kappa shape index (κ3) is 7.04. The zero-order valence-electron chi connectivity index (χ0n) is 20.0. The molecule has 2 aromatic carbocycles. The van der Waals surface area contributed by atoms with E-state index in [9.17, 15) is 36.0 Å². The minimum atomic E-state index is -4.80. The van der Waals surface area contributed by atoms with Gasteiger partial charge in [0.2, 0.25) is 5.91 Å². The molecule has 0 radical (unpaired) electrons. The number of nitrogens with one attached hydrogen (secondary N) is 2. The Labute approximate surface area is 207 Å². The van der Waals surface area contributed by atoms with Crippen LogP contribution in [0.25, 0.3) is 11.1 Å². The number of nitrogens with zero attached hydrogens (tertiary/aromatic N) is 1. The first-order valence-corrected chi connectivity index (χ1v) is 13.1. The lowest BCUT2D eigenvalue weighted by Gasteiger charge is -2.30. The summed E-state index contributed by atoms with van der Waals surface area (Å²) in [6.07, 6.45) is -3.49. The average Bonchev–Trinajstić information content (AvgIpc) is 3.54. The number of sulfone groups is 1. The first kappa shape index (κ1) is 27.6.